The predicted octanol–water partition coefficient (Wildman–Crippen LogP) is 2.26. The molecule has 0 radical (unpaired) electrons. The highest BCUT2D eigenvalue weighted by molar-refractivity contribution is 5.85. The predicted molar refractivity (Wildman–Crippen MR) is 83.9 cm³/mol. The molecule has 20 heavy (non-hydrogen) atoms. The molecule has 0 aliphatic carbocycles. The third kappa shape index (κ3) is 9.78. The van der Waals surface area contributed by atoms with Crippen molar-refractivity contribution in [3.63, 3.8) is 0 Å². The number of carbonyl (C=O) groups excluding carboxylic acids is 1. The van der Waals surface area contributed by atoms with Gasteiger partial charge in [-0.3, -0.25) is 4.79 Å². The van der Waals surface area contributed by atoms with Crippen LogP contribution in [0.25, 0.3) is 0 Å². The van der Waals surface area contributed by atoms with E-state index >= 15 is 0 Å². The van der Waals surface area contributed by atoms with Gasteiger partial charge in [-0.15, -0.1) is 12.4 Å². The second kappa shape index (κ2) is 12.9. The molecule has 0 aliphatic heterocycles. The van der Waals surface area contributed by atoms with E-state index in [-0.39, 0.29) is 18.3 Å². The number of carbonyl (C=O) groups is 1. The summed E-state index contributed by atoms with van der Waals surface area (Å²) in [6.07, 6.45) is 3.19. The molecule has 0 saturated heterocycles. The van der Waals surface area contributed by atoms with Crippen molar-refractivity contribution < 1.29 is 9.53 Å². The first-order valence-corrected chi connectivity index (χ1v) is 6.91. The number of halogens is 1. The molecular weight excluding hydrogens is 276 g/mol. The average molecular weight is 301 g/mol. The lowest BCUT2D eigenvalue weighted by molar-refractivity contribution is -0.121. The monoisotopic (exact) mass is 300 g/mol. The summed E-state index contributed by atoms with van der Waals surface area (Å²) in [6.45, 7) is 2.68. The van der Waals surface area contributed by atoms with E-state index in [0.29, 0.717) is 19.6 Å². The van der Waals surface area contributed by atoms with Gasteiger partial charge in [0, 0.05) is 19.6 Å². The van der Waals surface area contributed by atoms with E-state index in [0.717, 1.165) is 32.4 Å². The summed E-state index contributed by atoms with van der Waals surface area (Å²) in [4.78, 5) is 11.3. The van der Waals surface area contributed by atoms with Crippen LogP contribution in [0.1, 0.15) is 31.2 Å². The molecule has 114 valence electrons. The van der Waals surface area contributed by atoms with Crippen LogP contribution < -0.4 is 11.1 Å². The lowest BCUT2D eigenvalue weighted by Crippen LogP contribution is -2.24. The van der Waals surface area contributed by atoms with Crippen LogP contribution in [0.15, 0.2) is 30.3 Å². The minimum Gasteiger partial charge on any atom is -0.377 e. The molecule has 0 aliphatic rings. The minimum absolute atomic E-state index is 0. The van der Waals surface area contributed by atoms with E-state index in [4.69, 9.17) is 10.5 Å². The fourth-order valence-electron chi connectivity index (χ4n) is 1.67. The molecule has 0 spiro atoms. The molecule has 0 heterocycles. The van der Waals surface area contributed by atoms with Crippen LogP contribution in [0.4, 0.5) is 0 Å². The van der Waals surface area contributed by atoms with Gasteiger partial charge in [0.15, 0.2) is 0 Å². The Bertz CT molecular complexity index is 347. The fourth-order valence-corrected chi connectivity index (χ4v) is 1.67. The Kier molecular flexibility index (Phi) is 12.2. The Morgan fingerprint density at radius 3 is 2.60 bits per heavy atom. The molecule has 1 rings (SSSR count). The van der Waals surface area contributed by atoms with Gasteiger partial charge >= 0.3 is 0 Å². The SMILES string of the molecule is Cl.NCCCC(=O)NCCCCOCc1ccccc1. The van der Waals surface area contributed by atoms with Gasteiger partial charge < -0.3 is 15.8 Å². The van der Waals surface area contributed by atoms with E-state index < -0.39 is 0 Å². The molecule has 0 unspecified atom stereocenters. The molecule has 5 heteroatoms. The zero-order valence-corrected chi connectivity index (χ0v) is 12.7. The second-order valence-corrected chi connectivity index (χ2v) is 4.49. The molecular formula is C15H25ClN2O2. The summed E-state index contributed by atoms with van der Waals surface area (Å²) >= 11 is 0. The highest BCUT2D eigenvalue weighted by Gasteiger charge is 1.98. The zero-order valence-electron chi connectivity index (χ0n) is 11.8. The quantitative estimate of drug-likeness (QED) is 0.652. The van der Waals surface area contributed by atoms with Crippen LogP contribution in [0.3, 0.4) is 0 Å². The molecule has 1 aromatic rings. The Balaban J connectivity index is 0.00000361. The number of amides is 1. The molecule has 1 amide bonds. The molecule has 1 aromatic carbocycles. The number of rotatable bonds is 10. The number of unbranched alkanes of at least 4 members (excludes halogenated alkanes) is 1. The Labute approximate surface area is 127 Å². The van der Waals surface area contributed by atoms with Crippen LogP contribution in [-0.4, -0.2) is 25.6 Å². The second-order valence-electron chi connectivity index (χ2n) is 4.49. The van der Waals surface area contributed by atoms with Gasteiger partial charge in [0.1, 0.15) is 0 Å². The van der Waals surface area contributed by atoms with Crippen molar-refractivity contribution in [2.45, 2.75) is 32.3 Å². The van der Waals surface area contributed by atoms with Crippen LogP contribution in [0.5, 0.6) is 0 Å². The average Bonchev–Trinajstić information content (AvgIpc) is 2.45. The third-order valence-electron chi connectivity index (χ3n) is 2.76. The first-order chi connectivity index (χ1) is 9.33. The van der Waals surface area contributed by atoms with Crippen LogP contribution in [0.2, 0.25) is 0 Å². The van der Waals surface area contributed by atoms with Crippen LogP contribution >= 0.6 is 12.4 Å². The summed E-state index contributed by atoms with van der Waals surface area (Å²) in [5, 5.41) is 2.88. The van der Waals surface area contributed by atoms with Gasteiger partial charge in [0.05, 0.1) is 6.61 Å². The number of nitrogens with two attached hydrogens (primary N) is 1. The van der Waals surface area contributed by atoms with Crippen molar-refractivity contribution in [1.82, 2.24) is 5.32 Å². The summed E-state index contributed by atoms with van der Waals surface area (Å²) < 4.78 is 5.56. The van der Waals surface area contributed by atoms with Crippen molar-refractivity contribution in [3.8, 4) is 0 Å². The summed E-state index contributed by atoms with van der Waals surface area (Å²) in [5.41, 5.74) is 6.53. The molecule has 0 saturated carbocycles. The summed E-state index contributed by atoms with van der Waals surface area (Å²) in [7, 11) is 0. The number of benzene rings is 1. The number of hydrogen-bond acceptors (Lipinski definition) is 3. The van der Waals surface area contributed by atoms with E-state index in [1.807, 2.05) is 18.2 Å². The maximum Gasteiger partial charge on any atom is 0.220 e. The standard InChI is InChI=1S/C15H24N2O2.ClH/c16-10-6-9-15(18)17-11-4-5-12-19-13-14-7-2-1-3-8-14;/h1-3,7-8H,4-6,9-13,16H2,(H,17,18);1H. The van der Waals surface area contributed by atoms with Crippen molar-refractivity contribution >= 4 is 18.3 Å². The van der Waals surface area contributed by atoms with Crippen molar-refractivity contribution in [2.75, 3.05) is 19.7 Å². The lowest BCUT2D eigenvalue weighted by Gasteiger charge is -2.06. The van der Waals surface area contributed by atoms with Gasteiger partial charge in [0.2, 0.25) is 5.91 Å². The molecule has 0 bridgehead atoms. The van der Waals surface area contributed by atoms with E-state index in [1.54, 1.807) is 0 Å². The van der Waals surface area contributed by atoms with Crippen molar-refractivity contribution in [1.29, 1.82) is 0 Å². The summed E-state index contributed by atoms with van der Waals surface area (Å²) in [5.74, 6) is 0.0932. The van der Waals surface area contributed by atoms with Gasteiger partial charge in [-0.05, 0) is 31.4 Å². The summed E-state index contributed by atoms with van der Waals surface area (Å²) in [6, 6.07) is 10.1. The smallest absolute Gasteiger partial charge is 0.220 e. The number of ether oxygens (including phenoxy) is 1. The topological polar surface area (TPSA) is 64.4 Å². The van der Waals surface area contributed by atoms with Crippen molar-refractivity contribution in [2.24, 2.45) is 5.73 Å². The Morgan fingerprint density at radius 2 is 1.90 bits per heavy atom. The first-order valence-electron chi connectivity index (χ1n) is 6.91. The first kappa shape index (κ1) is 18.9. The molecule has 4 nitrogen and oxygen atoms in total. The van der Waals surface area contributed by atoms with Gasteiger partial charge in [-0.2, -0.15) is 0 Å². The van der Waals surface area contributed by atoms with Gasteiger partial charge in [-0.25, -0.2) is 0 Å². The van der Waals surface area contributed by atoms with Crippen LogP contribution in [-0.2, 0) is 16.1 Å². The van der Waals surface area contributed by atoms with E-state index in [1.165, 1.54) is 5.56 Å². The molecule has 3 N–H and O–H groups in total. The van der Waals surface area contributed by atoms with E-state index in [2.05, 4.69) is 17.4 Å². The number of hydrogen-bond donors (Lipinski definition) is 2. The van der Waals surface area contributed by atoms with Crippen LogP contribution in [0, 0.1) is 0 Å². The van der Waals surface area contributed by atoms with Gasteiger partial charge in [0.25, 0.3) is 0 Å². The highest BCUT2D eigenvalue weighted by atomic mass is 35.5. The maximum atomic E-state index is 11.3. The number of nitrogens with one attached hydrogen (secondary N) is 1. The zero-order chi connectivity index (χ0) is 13.8. The molecule has 0 fully saturated rings. The normalized spacial score (nSPS) is 9.85. The molecule has 0 atom stereocenters. The van der Waals surface area contributed by atoms with E-state index in [9.17, 15) is 4.79 Å². The fraction of sp³-hybridized carbons (Fsp3) is 0.533. The molecule has 0 aromatic heterocycles. The Morgan fingerprint density at radius 1 is 1.15 bits per heavy atom. The largest absolute Gasteiger partial charge is 0.377 e. The highest BCUT2D eigenvalue weighted by Crippen LogP contribution is 2.01. The Hall–Kier alpha value is -1.10. The lowest BCUT2D eigenvalue weighted by atomic mass is 10.2. The van der Waals surface area contributed by atoms with Crippen molar-refractivity contribution in [3.05, 3.63) is 35.9 Å². The third-order valence-corrected chi connectivity index (χ3v) is 2.76. The maximum absolute atomic E-state index is 11.3. The minimum atomic E-state index is 0. The van der Waals surface area contributed by atoms with Gasteiger partial charge in [-0.1, -0.05) is 30.3 Å².